The number of esters is 1. The summed E-state index contributed by atoms with van der Waals surface area (Å²) in [6.45, 7) is 0. The predicted octanol–water partition coefficient (Wildman–Crippen LogP) is 5.94. The lowest BCUT2D eigenvalue weighted by molar-refractivity contribution is -0.137. The zero-order valence-corrected chi connectivity index (χ0v) is 21.0. The second kappa shape index (κ2) is 9.81. The smallest absolute Gasteiger partial charge is 0.417 e. The van der Waals surface area contributed by atoms with E-state index in [1.807, 2.05) is 0 Å². The lowest BCUT2D eigenvalue weighted by atomic mass is 9.99. The molecule has 0 amide bonds. The summed E-state index contributed by atoms with van der Waals surface area (Å²) >= 11 is 18.0. The van der Waals surface area contributed by atoms with Crippen molar-refractivity contribution < 1.29 is 35.9 Å². The van der Waals surface area contributed by atoms with Crippen LogP contribution in [0.3, 0.4) is 0 Å². The molecule has 4 rings (SSSR count). The number of halogens is 6. The summed E-state index contributed by atoms with van der Waals surface area (Å²) in [7, 11) is -3.43. The second-order valence-electron chi connectivity index (χ2n) is 7.49. The van der Waals surface area contributed by atoms with Crippen LogP contribution in [0.5, 0.6) is 0 Å². The van der Waals surface area contributed by atoms with Crippen molar-refractivity contribution in [2.24, 2.45) is 0 Å². The van der Waals surface area contributed by atoms with Crippen molar-refractivity contribution in [3.8, 4) is 0 Å². The number of benzene rings is 2. The minimum Gasteiger partial charge on any atom is -0.447 e. The highest BCUT2D eigenvalue weighted by Gasteiger charge is 2.39. The van der Waals surface area contributed by atoms with Crippen molar-refractivity contribution in [2.75, 3.05) is 7.11 Å². The molecule has 3 aromatic rings. The van der Waals surface area contributed by atoms with Gasteiger partial charge in [-0.25, -0.2) is 13.2 Å². The Labute approximate surface area is 218 Å². The number of cyclic esters (lactones) is 1. The lowest BCUT2D eigenvalue weighted by Crippen LogP contribution is -2.31. The molecule has 7 nitrogen and oxygen atoms in total. The van der Waals surface area contributed by atoms with Gasteiger partial charge in [-0.05, 0) is 36.4 Å². The fourth-order valence-electron chi connectivity index (χ4n) is 3.63. The topological polar surface area (TPSA) is 94.6 Å². The summed E-state index contributed by atoms with van der Waals surface area (Å²) in [6.07, 6.45) is -6.25. The van der Waals surface area contributed by atoms with Crippen molar-refractivity contribution in [3.05, 3.63) is 91.7 Å². The van der Waals surface area contributed by atoms with Crippen LogP contribution in [0.1, 0.15) is 45.1 Å². The van der Waals surface area contributed by atoms with Gasteiger partial charge >= 0.3 is 12.1 Å². The van der Waals surface area contributed by atoms with Gasteiger partial charge in [0.15, 0.2) is 6.10 Å². The molecule has 2 unspecified atom stereocenters. The van der Waals surface area contributed by atoms with E-state index >= 15 is 0 Å². The van der Waals surface area contributed by atoms with Crippen molar-refractivity contribution in [1.29, 1.82) is 0 Å². The molecule has 14 heteroatoms. The van der Waals surface area contributed by atoms with E-state index in [0.29, 0.717) is 11.6 Å². The van der Waals surface area contributed by atoms with Gasteiger partial charge in [-0.1, -0.05) is 40.9 Å². The van der Waals surface area contributed by atoms with E-state index in [4.69, 9.17) is 44.3 Å². The number of fused-ring (bicyclic) bond motifs is 1. The highest BCUT2D eigenvalue weighted by atomic mass is 35.5. The van der Waals surface area contributed by atoms with Gasteiger partial charge in [-0.3, -0.25) is 4.98 Å². The number of nitrogens with one attached hydrogen (secondary N) is 1. The zero-order valence-electron chi connectivity index (χ0n) is 17.9. The van der Waals surface area contributed by atoms with E-state index < -0.39 is 50.0 Å². The highest BCUT2D eigenvalue weighted by molar-refractivity contribution is 7.89. The number of hydrogen-bond acceptors (Lipinski definition) is 6. The van der Waals surface area contributed by atoms with E-state index in [1.54, 1.807) is 12.1 Å². The molecule has 1 aromatic heterocycles. The summed E-state index contributed by atoms with van der Waals surface area (Å²) in [5, 5.41) is -0.365. The van der Waals surface area contributed by atoms with Gasteiger partial charge in [0.25, 0.3) is 0 Å². The standard InChI is InChI=1S/C22H14Cl3F3N2O5S/c1-34-20(30-36(32,33)11-5-6-15(24)14(8-11)22(26,27)28)13-7-10(23)9-29-18(13)19-17-12(21(31)35-19)3-2-4-16(17)25/h2-9,19-20,30H,1H3. The average Bonchev–Trinajstić information content (AvgIpc) is 3.14. The minimum absolute atomic E-state index is 0.0455. The summed E-state index contributed by atoms with van der Waals surface area (Å²) in [4.78, 5) is 15.9. The van der Waals surface area contributed by atoms with Gasteiger partial charge in [0.1, 0.15) is 6.23 Å². The Balaban J connectivity index is 1.77. The van der Waals surface area contributed by atoms with E-state index in [0.717, 1.165) is 19.2 Å². The average molecular weight is 582 g/mol. The normalized spacial score (nSPS) is 16.5. The number of alkyl halides is 3. The molecule has 0 fully saturated rings. The van der Waals surface area contributed by atoms with Crippen LogP contribution in [0.2, 0.25) is 15.1 Å². The highest BCUT2D eigenvalue weighted by Crippen LogP contribution is 2.42. The maximum atomic E-state index is 13.3. The Hall–Kier alpha value is -2.41. The third-order valence-electron chi connectivity index (χ3n) is 5.26. The van der Waals surface area contributed by atoms with Crippen LogP contribution in [-0.4, -0.2) is 26.5 Å². The molecular formula is C22H14Cl3F3N2O5S. The molecule has 0 radical (unpaired) electrons. The van der Waals surface area contributed by atoms with Crippen molar-refractivity contribution in [3.63, 3.8) is 0 Å². The Bertz CT molecular complexity index is 1470. The Kier molecular flexibility index (Phi) is 7.26. The number of rotatable bonds is 6. The number of carbonyl (C=O) groups excluding carboxylic acids is 1. The molecule has 2 aromatic carbocycles. The van der Waals surface area contributed by atoms with Crippen LogP contribution in [0.15, 0.2) is 53.6 Å². The molecular weight excluding hydrogens is 568 g/mol. The van der Waals surface area contributed by atoms with Gasteiger partial charge in [0.05, 0.1) is 31.8 Å². The molecule has 2 heterocycles. The maximum Gasteiger partial charge on any atom is 0.417 e. The fourth-order valence-corrected chi connectivity index (χ4v) is 5.46. The van der Waals surface area contributed by atoms with E-state index in [2.05, 4.69) is 9.71 Å². The number of methoxy groups -OCH3 is 1. The number of pyridine rings is 1. The number of ether oxygens (including phenoxy) is 2. The molecule has 2 atom stereocenters. The van der Waals surface area contributed by atoms with Crippen LogP contribution >= 0.6 is 34.8 Å². The minimum atomic E-state index is -4.88. The van der Waals surface area contributed by atoms with Gasteiger partial charge < -0.3 is 9.47 Å². The lowest BCUT2D eigenvalue weighted by Gasteiger charge is -2.23. The molecule has 0 saturated heterocycles. The van der Waals surface area contributed by atoms with Gasteiger partial charge in [0, 0.05) is 29.5 Å². The number of aromatic nitrogens is 1. The Morgan fingerprint density at radius 3 is 2.50 bits per heavy atom. The van der Waals surface area contributed by atoms with Gasteiger partial charge in [-0.2, -0.15) is 17.9 Å². The van der Waals surface area contributed by atoms with Crippen LogP contribution in [0.4, 0.5) is 13.2 Å². The van der Waals surface area contributed by atoms with Gasteiger partial charge in [-0.15, -0.1) is 0 Å². The fraction of sp³-hybridized carbons (Fsp3) is 0.182. The number of nitrogens with zero attached hydrogens (tertiary/aromatic N) is 1. The first kappa shape index (κ1) is 26.6. The van der Waals surface area contributed by atoms with Crippen LogP contribution in [0, 0.1) is 0 Å². The van der Waals surface area contributed by atoms with Crippen molar-refractivity contribution in [2.45, 2.75) is 23.4 Å². The van der Waals surface area contributed by atoms with E-state index in [-0.39, 0.29) is 26.9 Å². The largest absolute Gasteiger partial charge is 0.447 e. The van der Waals surface area contributed by atoms with Crippen molar-refractivity contribution in [1.82, 2.24) is 9.71 Å². The Morgan fingerprint density at radius 2 is 1.83 bits per heavy atom. The van der Waals surface area contributed by atoms with Crippen LogP contribution in [0.25, 0.3) is 0 Å². The first-order chi connectivity index (χ1) is 16.8. The molecule has 0 saturated carbocycles. The summed E-state index contributed by atoms with van der Waals surface area (Å²) in [5.74, 6) is -0.671. The number of sulfonamides is 1. The predicted molar refractivity (Wildman–Crippen MR) is 124 cm³/mol. The SMILES string of the molecule is COC(NS(=O)(=O)c1ccc(Cl)c(C(F)(F)F)c1)c1cc(Cl)cnc1C1OC(=O)c2cccc(Cl)c21. The van der Waals surface area contributed by atoms with Gasteiger partial charge in [0.2, 0.25) is 10.0 Å². The zero-order chi connectivity index (χ0) is 26.4. The van der Waals surface area contributed by atoms with E-state index in [1.165, 1.54) is 18.3 Å². The molecule has 36 heavy (non-hydrogen) atoms. The third kappa shape index (κ3) is 5.04. The first-order valence-electron chi connectivity index (χ1n) is 9.90. The molecule has 190 valence electrons. The summed E-state index contributed by atoms with van der Waals surface area (Å²) in [6, 6.07) is 8.08. The quantitative estimate of drug-likeness (QED) is 0.286. The molecule has 1 aliphatic heterocycles. The molecule has 0 spiro atoms. The molecule has 0 bridgehead atoms. The van der Waals surface area contributed by atoms with Crippen LogP contribution < -0.4 is 4.72 Å². The van der Waals surface area contributed by atoms with E-state index in [9.17, 15) is 26.4 Å². The molecule has 1 N–H and O–H groups in total. The molecule has 1 aliphatic rings. The van der Waals surface area contributed by atoms with Crippen molar-refractivity contribution >= 4 is 50.8 Å². The van der Waals surface area contributed by atoms with Crippen LogP contribution in [-0.2, 0) is 25.7 Å². The maximum absolute atomic E-state index is 13.3. The summed E-state index contributed by atoms with van der Waals surface area (Å²) in [5.41, 5.74) is -0.711. The second-order valence-corrected chi connectivity index (χ2v) is 10.5. The third-order valence-corrected chi connectivity index (χ3v) is 7.52. The first-order valence-corrected chi connectivity index (χ1v) is 12.5. The summed E-state index contributed by atoms with van der Waals surface area (Å²) < 4.78 is 78.8. The number of carbonyl (C=O) groups is 1. The monoisotopic (exact) mass is 580 g/mol. The molecule has 0 aliphatic carbocycles. The number of hydrogen-bond donors (Lipinski definition) is 1. The Morgan fingerprint density at radius 1 is 1.11 bits per heavy atom.